The first-order valence-corrected chi connectivity index (χ1v) is 7.99. The standard InChI is InChI=1S/C19H24N2O2/c1-15-7-5-10-17(20-12-6-14-22)18(15)19(23)21-13-11-16-8-3-2-4-9-16/h2-5,7-10,20,22H,6,11-14H2,1H3,(H,21,23). The van der Waals surface area contributed by atoms with Gasteiger partial charge in [-0.3, -0.25) is 4.79 Å². The largest absolute Gasteiger partial charge is 0.396 e. The first-order valence-electron chi connectivity index (χ1n) is 7.99. The molecule has 0 atom stereocenters. The molecule has 2 aromatic rings. The Hall–Kier alpha value is -2.33. The van der Waals surface area contributed by atoms with Gasteiger partial charge in [-0.1, -0.05) is 42.5 Å². The van der Waals surface area contributed by atoms with Crippen LogP contribution in [0.5, 0.6) is 0 Å². The quantitative estimate of drug-likeness (QED) is 0.657. The molecule has 0 aliphatic heterocycles. The minimum absolute atomic E-state index is 0.0643. The lowest BCUT2D eigenvalue weighted by molar-refractivity contribution is 0.0954. The Morgan fingerprint density at radius 1 is 1.04 bits per heavy atom. The van der Waals surface area contributed by atoms with Crippen molar-refractivity contribution in [2.75, 3.05) is 25.0 Å². The fraction of sp³-hybridized carbons (Fsp3) is 0.316. The van der Waals surface area contributed by atoms with Gasteiger partial charge >= 0.3 is 0 Å². The zero-order valence-corrected chi connectivity index (χ0v) is 13.5. The molecule has 0 heterocycles. The summed E-state index contributed by atoms with van der Waals surface area (Å²) in [6, 6.07) is 15.9. The molecular formula is C19H24N2O2. The first-order chi connectivity index (χ1) is 11.2. The Balaban J connectivity index is 1.97. The summed E-state index contributed by atoms with van der Waals surface area (Å²) < 4.78 is 0. The van der Waals surface area contributed by atoms with Crippen LogP contribution in [0.3, 0.4) is 0 Å². The van der Waals surface area contributed by atoms with Crippen LogP contribution >= 0.6 is 0 Å². The number of carbonyl (C=O) groups excluding carboxylic acids is 1. The molecule has 0 spiro atoms. The SMILES string of the molecule is Cc1cccc(NCCCO)c1C(=O)NCCc1ccccc1. The number of aryl methyl sites for hydroxylation is 1. The average Bonchev–Trinajstić information content (AvgIpc) is 2.56. The predicted molar refractivity (Wildman–Crippen MR) is 93.9 cm³/mol. The Labute approximate surface area is 137 Å². The molecule has 2 rings (SSSR count). The summed E-state index contributed by atoms with van der Waals surface area (Å²) in [5.74, 6) is -0.0643. The smallest absolute Gasteiger partial charge is 0.253 e. The monoisotopic (exact) mass is 312 g/mol. The molecule has 0 unspecified atom stereocenters. The molecule has 1 amide bonds. The number of anilines is 1. The van der Waals surface area contributed by atoms with Crippen molar-refractivity contribution in [3.8, 4) is 0 Å². The van der Waals surface area contributed by atoms with Crippen molar-refractivity contribution in [2.24, 2.45) is 0 Å². The van der Waals surface area contributed by atoms with Crippen molar-refractivity contribution in [1.82, 2.24) is 5.32 Å². The summed E-state index contributed by atoms with van der Waals surface area (Å²) >= 11 is 0. The van der Waals surface area contributed by atoms with Gasteiger partial charge in [-0.15, -0.1) is 0 Å². The van der Waals surface area contributed by atoms with E-state index in [1.165, 1.54) is 5.56 Å². The normalized spacial score (nSPS) is 10.3. The topological polar surface area (TPSA) is 61.4 Å². The van der Waals surface area contributed by atoms with E-state index in [4.69, 9.17) is 5.11 Å². The Bertz CT molecular complexity index is 627. The van der Waals surface area contributed by atoms with E-state index in [0.717, 1.165) is 17.7 Å². The second-order valence-electron chi connectivity index (χ2n) is 5.49. The summed E-state index contributed by atoms with van der Waals surface area (Å²) in [7, 11) is 0. The van der Waals surface area contributed by atoms with Crippen molar-refractivity contribution in [3.05, 3.63) is 65.2 Å². The third-order valence-electron chi connectivity index (χ3n) is 3.69. The molecule has 0 saturated carbocycles. The summed E-state index contributed by atoms with van der Waals surface area (Å²) in [5.41, 5.74) is 3.64. The maximum Gasteiger partial charge on any atom is 0.253 e. The summed E-state index contributed by atoms with van der Waals surface area (Å²) in [6.07, 6.45) is 1.47. The van der Waals surface area contributed by atoms with Gasteiger partial charge in [0.25, 0.3) is 5.91 Å². The van der Waals surface area contributed by atoms with Crippen LogP contribution in [0.1, 0.15) is 27.9 Å². The Morgan fingerprint density at radius 3 is 2.57 bits per heavy atom. The van der Waals surface area contributed by atoms with Gasteiger partial charge in [0.1, 0.15) is 0 Å². The minimum atomic E-state index is -0.0643. The molecule has 0 aromatic heterocycles. The van der Waals surface area contributed by atoms with Gasteiger partial charge in [0, 0.05) is 25.4 Å². The van der Waals surface area contributed by atoms with Crippen molar-refractivity contribution in [3.63, 3.8) is 0 Å². The third-order valence-corrected chi connectivity index (χ3v) is 3.69. The molecule has 2 aromatic carbocycles. The summed E-state index contributed by atoms with van der Waals surface area (Å²) in [5, 5.41) is 15.1. The number of rotatable bonds is 8. The highest BCUT2D eigenvalue weighted by Gasteiger charge is 2.13. The van der Waals surface area contributed by atoms with Gasteiger partial charge in [0.2, 0.25) is 0 Å². The lowest BCUT2D eigenvalue weighted by atomic mass is 10.1. The van der Waals surface area contributed by atoms with Crippen LogP contribution in [0.4, 0.5) is 5.69 Å². The van der Waals surface area contributed by atoms with Crippen LogP contribution in [0.15, 0.2) is 48.5 Å². The Morgan fingerprint density at radius 2 is 1.83 bits per heavy atom. The second kappa shape index (κ2) is 8.96. The van der Waals surface area contributed by atoms with E-state index in [1.807, 2.05) is 43.3 Å². The minimum Gasteiger partial charge on any atom is -0.396 e. The van der Waals surface area contributed by atoms with Crippen LogP contribution < -0.4 is 10.6 Å². The highest BCUT2D eigenvalue weighted by Crippen LogP contribution is 2.19. The number of hydrogen-bond acceptors (Lipinski definition) is 3. The molecule has 0 saturated heterocycles. The van der Waals surface area contributed by atoms with Crippen LogP contribution in [0.25, 0.3) is 0 Å². The maximum atomic E-state index is 12.5. The predicted octanol–water partition coefficient (Wildman–Crippen LogP) is 2.76. The van der Waals surface area contributed by atoms with Gasteiger partial charge in [-0.2, -0.15) is 0 Å². The van der Waals surface area contributed by atoms with Crippen LogP contribution in [-0.4, -0.2) is 30.7 Å². The summed E-state index contributed by atoms with van der Waals surface area (Å²) in [4.78, 5) is 12.5. The van der Waals surface area contributed by atoms with Gasteiger partial charge < -0.3 is 15.7 Å². The number of hydrogen-bond donors (Lipinski definition) is 3. The highest BCUT2D eigenvalue weighted by atomic mass is 16.3. The van der Waals surface area contributed by atoms with Crippen LogP contribution in [0.2, 0.25) is 0 Å². The van der Waals surface area contributed by atoms with E-state index < -0.39 is 0 Å². The van der Waals surface area contributed by atoms with Crippen molar-refractivity contribution in [2.45, 2.75) is 19.8 Å². The molecule has 0 aliphatic carbocycles. The molecule has 3 N–H and O–H groups in total. The van der Waals surface area contributed by atoms with Crippen molar-refractivity contribution >= 4 is 11.6 Å². The van der Waals surface area contributed by atoms with Gasteiger partial charge in [0.15, 0.2) is 0 Å². The fourth-order valence-electron chi connectivity index (χ4n) is 2.47. The van der Waals surface area contributed by atoms with E-state index in [2.05, 4.69) is 22.8 Å². The lowest BCUT2D eigenvalue weighted by Gasteiger charge is -2.14. The lowest BCUT2D eigenvalue weighted by Crippen LogP contribution is -2.27. The number of amides is 1. The number of nitrogens with one attached hydrogen (secondary N) is 2. The first kappa shape index (κ1) is 17.0. The Kier molecular flexibility index (Phi) is 6.63. The number of aliphatic hydroxyl groups is 1. The molecular weight excluding hydrogens is 288 g/mol. The number of benzene rings is 2. The van der Waals surface area contributed by atoms with E-state index in [1.54, 1.807) is 0 Å². The van der Waals surface area contributed by atoms with Crippen LogP contribution in [-0.2, 0) is 6.42 Å². The zero-order valence-electron chi connectivity index (χ0n) is 13.5. The van der Waals surface area contributed by atoms with Gasteiger partial charge in [-0.05, 0) is 37.0 Å². The molecule has 0 radical (unpaired) electrons. The van der Waals surface area contributed by atoms with Crippen molar-refractivity contribution in [1.29, 1.82) is 0 Å². The highest BCUT2D eigenvalue weighted by molar-refractivity contribution is 6.01. The van der Waals surface area contributed by atoms with E-state index in [-0.39, 0.29) is 12.5 Å². The molecule has 23 heavy (non-hydrogen) atoms. The number of aliphatic hydroxyl groups excluding tert-OH is 1. The molecule has 0 fully saturated rings. The summed E-state index contributed by atoms with van der Waals surface area (Å²) in [6.45, 7) is 3.32. The van der Waals surface area contributed by atoms with Crippen molar-refractivity contribution < 1.29 is 9.90 Å². The fourth-order valence-corrected chi connectivity index (χ4v) is 2.47. The molecule has 0 bridgehead atoms. The molecule has 4 heteroatoms. The molecule has 4 nitrogen and oxygen atoms in total. The van der Waals surface area contributed by atoms with Gasteiger partial charge in [-0.25, -0.2) is 0 Å². The average molecular weight is 312 g/mol. The van der Waals surface area contributed by atoms with Gasteiger partial charge in [0.05, 0.1) is 5.56 Å². The maximum absolute atomic E-state index is 12.5. The van der Waals surface area contributed by atoms with E-state index >= 15 is 0 Å². The van der Waals surface area contributed by atoms with E-state index in [9.17, 15) is 4.79 Å². The van der Waals surface area contributed by atoms with E-state index in [0.29, 0.717) is 25.1 Å². The van der Waals surface area contributed by atoms with Crippen LogP contribution in [0, 0.1) is 6.92 Å². The molecule has 0 aliphatic rings. The second-order valence-corrected chi connectivity index (χ2v) is 5.49. The zero-order chi connectivity index (χ0) is 16.5. The number of carbonyl (C=O) groups is 1. The molecule has 122 valence electrons. The third kappa shape index (κ3) is 5.11.